The third kappa shape index (κ3) is 2.34. The zero-order valence-corrected chi connectivity index (χ0v) is 12.0. The maximum Gasteiger partial charge on any atom is 0.326 e. The number of aromatic nitrogens is 1. The van der Waals surface area contributed by atoms with Gasteiger partial charge in [-0.15, -0.1) is 0 Å². The summed E-state index contributed by atoms with van der Waals surface area (Å²) in [6.07, 6.45) is 2.55. The van der Waals surface area contributed by atoms with Crippen LogP contribution in [0, 0.1) is 16.7 Å². The van der Waals surface area contributed by atoms with Crippen LogP contribution in [0.4, 0.5) is 5.82 Å². The van der Waals surface area contributed by atoms with Gasteiger partial charge in [-0.1, -0.05) is 0 Å². The summed E-state index contributed by atoms with van der Waals surface area (Å²) >= 11 is 0. The predicted octanol–water partition coefficient (Wildman–Crippen LogP) is 0.700. The minimum atomic E-state index is -1.09. The zero-order chi connectivity index (χ0) is 14.9. The first-order valence-corrected chi connectivity index (χ1v) is 6.99. The Labute approximate surface area is 123 Å². The SMILES string of the molecule is COC(=O)C1(C#N)Cc2cnc(N3CCOCC3)cc2C1. The number of carbonyl (C=O) groups is 1. The van der Waals surface area contributed by atoms with Crippen LogP contribution in [0.15, 0.2) is 12.3 Å². The minimum absolute atomic E-state index is 0.377. The van der Waals surface area contributed by atoms with Gasteiger partial charge in [0.05, 0.1) is 26.4 Å². The van der Waals surface area contributed by atoms with E-state index in [1.54, 1.807) is 6.20 Å². The Morgan fingerprint density at radius 1 is 1.43 bits per heavy atom. The Hall–Kier alpha value is -2.13. The molecule has 1 aliphatic heterocycles. The average Bonchev–Trinajstić information content (AvgIpc) is 2.94. The second-order valence-corrected chi connectivity index (χ2v) is 5.45. The molecule has 0 bridgehead atoms. The van der Waals surface area contributed by atoms with Crippen molar-refractivity contribution in [3.63, 3.8) is 0 Å². The van der Waals surface area contributed by atoms with Gasteiger partial charge in [-0.05, 0) is 17.2 Å². The van der Waals surface area contributed by atoms with Crippen LogP contribution < -0.4 is 4.90 Å². The molecule has 1 unspecified atom stereocenters. The minimum Gasteiger partial charge on any atom is -0.468 e. The van der Waals surface area contributed by atoms with Gasteiger partial charge in [-0.3, -0.25) is 4.79 Å². The van der Waals surface area contributed by atoms with Gasteiger partial charge in [0, 0.05) is 32.1 Å². The lowest BCUT2D eigenvalue weighted by atomic mass is 9.87. The Morgan fingerprint density at radius 3 is 2.81 bits per heavy atom. The van der Waals surface area contributed by atoms with Gasteiger partial charge in [0.2, 0.25) is 0 Å². The van der Waals surface area contributed by atoms with E-state index in [1.165, 1.54) is 7.11 Å². The van der Waals surface area contributed by atoms with Crippen LogP contribution >= 0.6 is 0 Å². The van der Waals surface area contributed by atoms with Crippen molar-refractivity contribution >= 4 is 11.8 Å². The number of hydrogen-bond donors (Lipinski definition) is 0. The number of morpholine rings is 1. The molecule has 2 heterocycles. The number of methoxy groups -OCH3 is 1. The molecule has 0 spiro atoms. The molecule has 1 aromatic rings. The van der Waals surface area contributed by atoms with Gasteiger partial charge in [-0.25, -0.2) is 4.98 Å². The van der Waals surface area contributed by atoms with Crippen LogP contribution in [-0.4, -0.2) is 44.4 Å². The first kappa shape index (κ1) is 13.8. The summed E-state index contributed by atoms with van der Waals surface area (Å²) in [5.74, 6) is 0.421. The fourth-order valence-electron chi connectivity index (χ4n) is 2.98. The summed E-state index contributed by atoms with van der Waals surface area (Å²) in [5.41, 5.74) is 0.875. The van der Waals surface area contributed by atoms with Crippen molar-refractivity contribution in [1.29, 1.82) is 5.26 Å². The van der Waals surface area contributed by atoms with Crippen LogP contribution in [0.1, 0.15) is 11.1 Å². The second-order valence-electron chi connectivity index (χ2n) is 5.45. The number of nitriles is 1. The monoisotopic (exact) mass is 287 g/mol. The van der Waals surface area contributed by atoms with Gasteiger partial charge in [0.15, 0.2) is 5.41 Å². The maximum atomic E-state index is 11.9. The van der Waals surface area contributed by atoms with E-state index in [1.807, 2.05) is 6.07 Å². The third-order valence-corrected chi connectivity index (χ3v) is 4.18. The van der Waals surface area contributed by atoms with E-state index >= 15 is 0 Å². The molecule has 6 heteroatoms. The zero-order valence-electron chi connectivity index (χ0n) is 12.0. The largest absolute Gasteiger partial charge is 0.468 e. The highest BCUT2D eigenvalue weighted by molar-refractivity contribution is 5.82. The highest BCUT2D eigenvalue weighted by Crippen LogP contribution is 2.38. The van der Waals surface area contributed by atoms with Crippen LogP contribution in [-0.2, 0) is 27.1 Å². The van der Waals surface area contributed by atoms with E-state index < -0.39 is 11.4 Å². The Morgan fingerprint density at radius 2 is 2.14 bits per heavy atom. The molecule has 1 atom stereocenters. The van der Waals surface area contributed by atoms with Gasteiger partial charge in [0.1, 0.15) is 5.82 Å². The number of rotatable bonds is 2. The lowest BCUT2D eigenvalue weighted by Crippen LogP contribution is -2.36. The lowest BCUT2D eigenvalue weighted by Gasteiger charge is -2.28. The highest BCUT2D eigenvalue weighted by atomic mass is 16.5. The molecule has 0 radical (unpaired) electrons. The fraction of sp³-hybridized carbons (Fsp3) is 0.533. The van der Waals surface area contributed by atoms with E-state index in [9.17, 15) is 10.1 Å². The molecule has 1 aliphatic carbocycles. The topological polar surface area (TPSA) is 75.5 Å². The van der Waals surface area contributed by atoms with Crippen LogP contribution in [0.5, 0.6) is 0 Å². The summed E-state index contributed by atoms with van der Waals surface area (Å²) < 4.78 is 10.1. The summed E-state index contributed by atoms with van der Waals surface area (Å²) in [6.45, 7) is 3.02. The third-order valence-electron chi connectivity index (χ3n) is 4.18. The van der Waals surface area contributed by atoms with Gasteiger partial charge in [-0.2, -0.15) is 5.26 Å². The Bertz CT molecular complexity index is 605. The molecule has 0 aromatic carbocycles. The van der Waals surface area contributed by atoms with Gasteiger partial charge in [0.25, 0.3) is 0 Å². The van der Waals surface area contributed by atoms with Crippen molar-refractivity contribution in [2.45, 2.75) is 12.8 Å². The van der Waals surface area contributed by atoms with E-state index in [0.29, 0.717) is 26.1 Å². The Kier molecular flexibility index (Phi) is 3.52. The number of ether oxygens (including phenoxy) is 2. The average molecular weight is 287 g/mol. The summed E-state index contributed by atoms with van der Waals surface area (Å²) in [5, 5.41) is 9.41. The lowest BCUT2D eigenvalue weighted by molar-refractivity contribution is -0.148. The number of hydrogen-bond acceptors (Lipinski definition) is 6. The van der Waals surface area contributed by atoms with Crippen molar-refractivity contribution in [2.24, 2.45) is 5.41 Å². The first-order valence-electron chi connectivity index (χ1n) is 6.99. The first-order chi connectivity index (χ1) is 10.2. The number of nitrogens with zero attached hydrogens (tertiary/aromatic N) is 3. The van der Waals surface area contributed by atoms with E-state index in [-0.39, 0.29) is 0 Å². The normalized spacial score (nSPS) is 24.3. The molecule has 6 nitrogen and oxygen atoms in total. The van der Waals surface area contributed by atoms with E-state index in [4.69, 9.17) is 9.47 Å². The van der Waals surface area contributed by atoms with Crippen LogP contribution in [0.3, 0.4) is 0 Å². The molecular formula is C15H17N3O3. The number of fused-ring (bicyclic) bond motifs is 1. The second kappa shape index (κ2) is 5.34. The number of esters is 1. The van der Waals surface area contributed by atoms with Crippen molar-refractivity contribution in [3.05, 3.63) is 23.4 Å². The van der Waals surface area contributed by atoms with Gasteiger partial charge < -0.3 is 14.4 Å². The summed E-state index contributed by atoms with van der Waals surface area (Å²) in [6, 6.07) is 4.13. The number of anilines is 1. The number of pyridine rings is 1. The van der Waals surface area contributed by atoms with Crippen molar-refractivity contribution in [1.82, 2.24) is 4.98 Å². The molecule has 1 fully saturated rings. The predicted molar refractivity (Wildman–Crippen MR) is 74.7 cm³/mol. The van der Waals surface area contributed by atoms with Gasteiger partial charge >= 0.3 is 5.97 Å². The van der Waals surface area contributed by atoms with Crippen molar-refractivity contribution in [2.75, 3.05) is 38.3 Å². The maximum absolute atomic E-state index is 11.9. The molecule has 0 N–H and O–H groups in total. The molecule has 1 aromatic heterocycles. The molecule has 110 valence electrons. The molecule has 1 saturated heterocycles. The van der Waals surface area contributed by atoms with Crippen molar-refractivity contribution < 1.29 is 14.3 Å². The molecule has 21 heavy (non-hydrogen) atoms. The Balaban J connectivity index is 1.87. The number of carbonyl (C=O) groups excluding carboxylic acids is 1. The standard InChI is InChI=1S/C15H17N3O3/c1-20-14(19)15(10-16)7-11-6-13(17-9-12(11)8-15)18-2-4-21-5-3-18/h6,9H,2-5,7-8H2,1H3. The van der Waals surface area contributed by atoms with E-state index in [0.717, 1.165) is 30.0 Å². The molecule has 0 saturated carbocycles. The smallest absolute Gasteiger partial charge is 0.326 e. The van der Waals surface area contributed by atoms with Crippen LogP contribution in [0.25, 0.3) is 0 Å². The summed E-state index contributed by atoms with van der Waals surface area (Å²) in [7, 11) is 1.32. The van der Waals surface area contributed by atoms with Crippen molar-refractivity contribution in [3.8, 4) is 6.07 Å². The highest BCUT2D eigenvalue weighted by Gasteiger charge is 2.46. The van der Waals surface area contributed by atoms with E-state index in [2.05, 4.69) is 16.0 Å². The van der Waals surface area contributed by atoms with Crippen LogP contribution in [0.2, 0.25) is 0 Å². The fourth-order valence-corrected chi connectivity index (χ4v) is 2.98. The quantitative estimate of drug-likeness (QED) is 0.745. The molecule has 0 amide bonds. The molecule has 2 aliphatic rings. The molecular weight excluding hydrogens is 270 g/mol. The summed E-state index contributed by atoms with van der Waals surface area (Å²) in [4.78, 5) is 18.6. The molecule has 3 rings (SSSR count).